The summed E-state index contributed by atoms with van der Waals surface area (Å²) in [5, 5.41) is 10.0. The third-order valence-electron chi connectivity index (χ3n) is 4.67. The number of ketones is 1. The van der Waals surface area contributed by atoms with Gasteiger partial charge >= 0.3 is 0 Å². The number of para-hydroxylation sites is 1. The number of rotatable bonds is 8. The van der Waals surface area contributed by atoms with E-state index in [1.807, 2.05) is 6.92 Å². The normalized spacial score (nSPS) is 13.4. The lowest BCUT2D eigenvalue weighted by atomic mass is 9.97. The smallest absolute Gasteiger partial charge is 0.289 e. The predicted octanol–water partition coefficient (Wildman–Crippen LogP) is 4.41. The number of benzene rings is 3. The molecule has 0 fully saturated rings. The third-order valence-corrected chi connectivity index (χ3v) is 6.61. The summed E-state index contributed by atoms with van der Waals surface area (Å²) >= 11 is 6.49. The number of nitro benzene ring substituents is 1. The van der Waals surface area contributed by atoms with Gasteiger partial charge in [0, 0.05) is 11.6 Å². The summed E-state index contributed by atoms with van der Waals surface area (Å²) in [7, 11) is -4.38. The Labute approximate surface area is 184 Å². The van der Waals surface area contributed by atoms with Crippen LogP contribution in [0.1, 0.15) is 27.5 Å². The SMILES string of the molecule is Cc1ccc([C@@H](NS(=O)(=O)c2ccccc2[N+](=O)[O-])[C@@H](Cl)C(=O)c2ccccc2)cc1. The Hall–Kier alpha value is -3.07. The number of carbonyl (C=O) groups is 1. The van der Waals surface area contributed by atoms with Gasteiger partial charge in [0.1, 0.15) is 5.38 Å². The number of nitrogens with zero attached hydrogens (tertiary/aromatic N) is 1. The number of nitro groups is 1. The molecule has 3 rings (SSSR count). The fourth-order valence-electron chi connectivity index (χ4n) is 3.05. The van der Waals surface area contributed by atoms with Crippen molar-refractivity contribution in [2.45, 2.75) is 23.2 Å². The van der Waals surface area contributed by atoms with E-state index in [4.69, 9.17) is 11.6 Å². The molecule has 0 saturated heterocycles. The summed E-state index contributed by atoms with van der Waals surface area (Å²) < 4.78 is 28.6. The molecule has 2 atom stereocenters. The summed E-state index contributed by atoms with van der Waals surface area (Å²) in [5.74, 6) is -0.474. The number of halogens is 1. The second-order valence-corrected chi connectivity index (χ2v) is 9.02. The van der Waals surface area contributed by atoms with Gasteiger partial charge in [-0.1, -0.05) is 72.3 Å². The Kier molecular flexibility index (Phi) is 6.84. The lowest BCUT2D eigenvalue weighted by molar-refractivity contribution is -0.387. The Balaban J connectivity index is 2.04. The first-order valence-corrected chi connectivity index (χ1v) is 11.2. The third kappa shape index (κ3) is 5.16. The van der Waals surface area contributed by atoms with Crippen LogP contribution in [0.25, 0.3) is 0 Å². The Morgan fingerprint density at radius 2 is 1.55 bits per heavy atom. The lowest BCUT2D eigenvalue weighted by Gasteiger charge is -2.23. The summed E-state index contributed by atoms with van der Waals surface area (Å²) in [4.78, 5) is 23.0. The topological polar surface area (TPSA) is 106 Å². The van der Waals surface area contributed by atoms with Crippen molar-refractivity contribution >= 4 is 33.1 Å². The van der Waals surface area contributed by atoms with E-state index in [9.17, 15) is 23.3 Å². The molecule has 0 bridgehead atoms. The van der Waals surface area contributed by atoms with Crippen LogP contribution < -0.4 is 4.72 Å². The largest absolute Gasteiger partial charge is 0.292 e. The minimum atomic E-state index is -4.38. The highest BCUT2D eigenvalue weighted by Gasteiger charge is 2.34. The number of nitrogens with one attached hydrogen (secondary N) is 1. The maximum Gasteiger partial charge on any atom is 0.289 e. The van der Waals surface area contributed by atoms with E-state index in [0.717, 1.165) is 17.7 Å². The molecule has 0 aliphatic carbocycles. The molecular formula is C22H19ClN2O5S. The van der Waals surface area contributed by atoms with Crippen molar-refractivity contribution in [3.8, 4) is 0 Å². The Bertz CT molecular complexity index is 1200. The van der Waals surface area contributed by atoms with Gasteiger partial charge in [-0.2, -0.15) is 0 Å². The van der Waals surface area contributed by atoms with Crippen LogP contribution >= 0.6 is 11.6 Å². The molecule has 160 valence electrons. The molecular weight excluding hydrogens is 440 g/mol. The number of carbonyl (C=O) groups excluding carboxylic acids is 1. The van der Waals surface area contributed by atoms with Gasteiger partial charge < -0.3 is 0 Å². The van der Waals surface area contributed by atoms with E-state index in [-0.39, 0.29) is 0 Å². The van der Waals surface area contributed by atoms with Crippen molar-refractivity contribution in [1.82, 2.24) is 4.72 Å². The standard InChI is InChI=1S/C22H19ClN2O5S/c1-15-11-13-16(14-12-15)21(20(23)22(26)17-7-3-2-4-8-17)24-31(29,30)19-10-6-5-9-18(19)25(27)28/h2-14,20-21,24H,1H3/t20-,21-/m1/s1. The maximum atomic E-state index is 13.1. The second-order valence-electron chi connectivity index (χ2n) is 6.87. The van der Waals surface area contributed by atoms with Crippen molar-refractivity contribution in [3.63, 3.8) is 0 Å². The number of Topliss-reactive ketones (excluding diaryl/α,β-unsaturated/α-hetero) is 1. The van der Waals surface area contributed by atoms with E-state index in [1.54, 1.807) is 54.6 Å². The first-order chi connectivity index (χ1) is 14.7. The minimum Gasteiger partial charge on any atom is -0.292 e. The van der Waals surface area contributed by atoms with E-state index >= 15 is 0 Å². The summed E-state index contributed by atoms with van der Waals surface area (Å²) in [6, 6.07) is 19.0. The molecule has 0 aliphatic rings. The quantitative estimate of drug-likeness (QED) is 0.233. The van der Waals surface area contributed by atoms with Crippen molar-refractivity contribution < 1.29 is 18.1 Å². The predicted molar refractivity (Wildman–Crippen MR) is 118 cm³/mol. The van der Waals surface area contributed by atoms with E-state index < -0.39 is 42.7 Å². The van der Waals surface area contributed by atoms with E-state index in [0.29, 0.717) is 11.1 Å². The first kappa shape index (κ1) is 22.6. The number of aryl methyl sites for hydroxylation is 1. The molecule has 0 saturated carbocycles. The van der Waals surface area contributed by atoms with Crippen LogP contribution in [0.5, 0.6) is 0 Å². The summed E-state index contributed by atoms with van der Waals surface area (Å²) in [5.41, 5.74) is 1.14. The fourth-order valence-corrected chi connectivity index (χ4v) is 4.87. The molecule has 9 heteroatoms. The highest BCUT2D eigenvalue weighted by atomic mass is 35.5. The van der Waals surface area contributed by atoms with E-state index in [1.165, 1.54) is 12.1 Å². The molecule has 0 amide bonds. The number of sulfonamides is 1. The zero-order valence-corrected chi connectivity index (χ0v) is 18.0. The molecule has 31 heavy (non-hydrogen) atoms. The molecule has 0 spiro atoms. The fraction of sp³-hybridized carbons (Fsp3) is 0.136. The zero-order chi connectivity index (χ0) is 22.6. The molecule has 0 aliphatic heterocycles. The van der Waals surface area contributed by atoms with Gasteiger partial charge in [0.2, 0.25) is 10.0 Å². The molecule has 3 aromatic carbocycles. The summed E-state index contributed by atoms with van der Waals surface area (Å²) in [6.45, 7) is 1.86. The lowest BCUT2D eigenvalue weighted by Crippen LogP contribution is -2.38. The monoisotopic (exact) mass is 458 g/mol. The van der Waals surface area contributed by atoms with Gasteiger partial charge in [-0.15, -0.1) is 11.6 Å². The molecule has 0 unspecified atom stereocenters. The van der Waals surface area contributed by atoms with Crippen molar-refractivity contribution in [1.29, 1.82) is 0 Å². The summed E-state index contributed by atoms with van der Waals surface area (Å²) in [6.07, 6.45) is 0. The highest BCUT2D eigenvalue weighted by Crippen LogP contribution is 2.29. The Morgan fingerprint density at radius 1 is 0.968 bits per heavy atom. The second kappa shape index (κ2) is 9.38. The molecule has 1 N–H and O–H groups in total. The van der Waals surface area contributed by atoms with Crippen LogP contribution in [-0.4, -0.2) is 24.5 Å². The van der Waals surface area contributed by atoms with E-state index in [2.05, 4.69) is 4.72 Å². The van der Waals surface area contributed by atoms with Crippen molar-refractivity contribution in [2.24, 2.45) is 0 Å². The molecule has 0 radical (unpaired) electrons. The minimum absolute atomic E-state index is 0.324. The number of hydrogen-bond acceptors (Lipinski definition) is 5. The van der Waals surface area contributed by atoms with Crippen LogP contribution in [0.3, 0.4) is 0 Å². The number of alkyl halides is 1. The van der Waals surface area contributed by atoms with Crippen LogP contribution in [-0.2, 0) is 10.0 Å². The van der Waals surface area contributed by atoms with Gasteiger partial charge in [0.05, 0.1) is 11.0 Å². The van der Waals surface area contributed by atoms with Crippen LogP contribution in [0.4, 0.5) is 5.69 Å². The highest BCUT2D eigenvalue weighted by molar-refractivity contribution is 7.89. The average Bonchev–Trinajstić information content (AvgIpc) is 2.78. The first-order valence-electron chi connectivity index (χ1n) is 9.26. The van der Waals surface area contributed by atoms with Gasteiger partial charge in [-0.05, 0) is 18.6 Å². The van der Waals surface area contributed by atoms with Crippen LogP contribution in [0.2, 0.25) is 0 Å². The van der Waals surface area contributed by atoms with Crippen LogP contribution in [0, 0.1) is 17.0 Å². The van der Waals surface area contributed by atoms with Gasteiger partial charge in [-0.25, -0.2) is 13.1 Å². The number of hydrogen-bond donors (Lipinski definition) is 1. The molecule has 0 heterocycles. The van der Waals surface area contributed by atoms with Gasteiger partial charge in [0.15, 0.2) is 10.7 Å². The van der Waals surface area contributed by atoms with Crippen molar-refractivity contribution in [2.75, 3.05) is 0 Å². The zero-order valence-electron chi connectivity index (χ0n) is 16.4. The maximum absolute atomic E-state index is 13.1. The molecule has 3 aromatic rings. The van der Waals surface area contributed by atoms with Crippen molar-refractivity contribution in [3.05, 3.63) is 106 Å². The van der Waals surface area contributed by atoms with Crippen LogP contribution in [0.15, 0.2) is 83.8 Å². The molecule has 0 aromatic heterocycles. The van der Waals surface area contributed by atoms with Gasteiger partial charge in [0.25, 0.3) is 5.69 Å². The average molecular weight is 459 g/mol. The Morgan fingerprint density at radius 3 is 2.16 bits per heavy atom. The van der Waals surface area contributed by atoms with Gasteiger partial charge in [-0.3, -0.25) is 14.9 Å². The molecule has 7 nitrogen and oxygen atoms in total.